The van der Waals surface area contributed by atoms with E-state index in [0.717, 1.165) is 12.7 Å². The number of rotatable bonds is 2. The number of nitrogens with zero attached hydrogens (tertiary/aromatic N) is 5. The minimum absolute atomic E-state index is 0.240. The fraction of sp³-hybridized carbons (Fsp3) is 0.619. The molecular formula is C21H29N5O5S. The maximum atomic E-state index is 13.1. The Hall–Kier alpha value is -2.69. The first-order valence-electron chi connectivity index (χ1n) is 10.6. The molecule has 0 saturated carbocycles. The minimum Gasteiger partial charge on any atom is -0.444 e. The number of likely N-dealkylation sites (tertiary alicyclic amines) is 1. The lowest BCUT2D eigenvalue weighted by Crippen LogP contribution is -2.43. The number of anilines is 1. The Bertz CT molecular complexity index is 1230. The summed E-state index contributed by atoms with van der Waals surface area (Å²) < 4.78 is 30.5. The van der Waals surface area contributed by atoms with Gasteiger partial charge in [-0.3, -0.25) is 9.36 Å². The van der Waals surface area contributed by atoms with Gasteiger partial charge in [-0.15, -0.1) is 0 Å². The van der Waals surface area contributed by atoms with Crippen LogP contribution in [0.4, 0.5) is 10.5 Å². The van der Waals surface area contributed by atoms with E-state index in [0.29, 0.717) is 43.2 Å². The van der Waals surface area contributed by atoms with Crippen molar-refractivity contribution in [2.45, 2.75) is 37.9 Å². The highest BCUT2D eigenvalue weighted by Gasteiger charge is 2.40. The van der Waals surface area contributed by atoms with Gasteiger partial charge in [-0.2, -0.15) is 4.98 Å². The molecule has 0 bridgehead atoms. The number of pyridine rings is 1. The Morgan fingerprint density at radius 1 is 1.19 bits per heavy atom. The van der Waals surface area contributed by atoms with Crippen molar-refractivity contribution in [2.24, 2.45) is 18.9 Å². The molecule has 0 aliphatic carbocycles. The third-order valence-corrected chi connectivity index (χ3v) is 6.89. The fourth-order valence-corrected chi connectivity index (χ4v) is 4.98. The molecule has 2 unspecified atom stereocenters. The lowest BCUT2D eigenvalue weighted by Gasteiger charge is -2.35. The molecule has 2 atom stereocenters. The van der Waals surface area contributed by atoms with Crippen LogP contribution in [0.1, 0.15) is 27.2 Å². The minimum atomic E-state index is -3.58. The monoisotopic (exact) mass is 463 g/mol. The maximum absolute atomic E-state index is 13.1. The molecule has 10 nitrogen and oxygen atoms in total. The first kappa shape index (κ1) is 22.5. The van der Waals surface area contributed by atoms with Gasteiger partial charge in [-0.25, -0.2) is 18.2 Å². The van der Waals surface area contributed by atoms with E-state index in [1.807, 2.05) is 25.7 Å². The number of piperidine rings is 1. The Morgan fingerprint density at radius 2 is 1.88 bits per heavy atom. The second kappa shape index (κ2) is 7.72. The van der Waals surface area contributed by atoms with Crippen LogP contribution in [0.15, 0.2) is 22.2 Å². The molecule has 174 valence electrons. The molecule has 4 heterocycles. The predicted molar refractivity (Wildman–Crippen MR) is 120 cm³/mol. The van der Waals surface area contributed by atoms with Crippen molar-refractivity contribution in [3.8, 4) is 0 Å². The first-order chi connectivity index (χ1) is 14.8. The van der Waals surface area contributed by atoms with Crippen molar-refractivity contribution in [3.05, 3.63) is 22.6 Å². The Labute approximate surface area is 187 Å². The van der Waals surface area contributed by atoms with Crippen LogP contribution in [0.3, 0.4) is 0 Å². The summed E-state index contributed by atoms with van der Waals surface area (Å²) in [6.45, 7) is 8.20. The predicted octanol–water partition coefficient (Wildman–Crippen LogP) is 1.43. The van der Waals surface area contributed by atoms with Gasteiger partial charge in [0.2, 0.25) is 15.0 Å². The molecule has 2 aliphatic rings. The molecule has 2 aromatic rings. The van der Waals surface area contributed by atoms with Gasteiger partial charge in [-0.05, 0) is 45.1 Å². The van der Waals surface area contributed by atoms with Crippen molar-refractivity contribution >= 4 is 32.7 Å². The van der Waals surface area contributed by atoms with Gasteiger partial charge in [0, 0.05) is 51.1 Å². The van der Waals surface area contributed by atoms with Gasteiger partial charge >= 0.3 is 6.09 Å². The number of aryl methyl sites for hydroxylation is 1. The molecule has 0 spiro atoms. The average Bonchev–Trinajstić information content (AvgIpc) is 3.12. The third-order valence-electron chi connectivity index (χ3n) is 6.03. The first-order valence-corrected chi connectivity index (χ1v) is 12.5. The van der Waals surface area contributed by atoms with Crippen molar-refractivity contribution < 1.29 is 17.9 Å². The van der Waals surface area contributed by atoms with Gasteiger partial charge in [-0.1, -0.05) is 0 Å². The van der Waals surface area contributed by atoms with Crippen molar-refractivity contribution in [3.63, 3.8) is 0 Å². The molecule has 11 heteroatoms. The van der Waals surface area contributed by atoms with Crippen LogP contribution < -0.4 is 10.5 Å². The number of amides is 1. The number of carbonyl (C=O) groups is 1. The van der Waals surface area contributed by atoms with E-state index in [1.165, 1.54) is 10.8 Å². The summed E-state index contributed by atoms with van der Waals surface area (Å²) in [4.78, 5) is 37.4. The van der Waals surface area contributed by atoms with Crippen molar-refractivity contribution in [2.75, 3.05) is 37.3 Å². The van der Waals surface area contributed by atoms with Gasteiger partial charge < -0.3 is 14.5 Å². The molecule has 4 rings (SSSR count). The van der Waals surface area contributed by atoms with E-state index in [1.54, 1.807) is 18.0 Å². The second-order valence-electron chi connectivity index (χ2n) is 9.74. The lowest BCUT2D eigenvalue weighted by molar-refractivity contribution is 0.0285. The Balaban J connectivity index is 1.58. The van der Waals surface area contributed by atoms with Crippen LogP contribution in [0.5, 0.6) is 0 Å². The number of carbonyl (C=O) groups excluding carboxylic acids is 1. The second-order valence-corrected chi connectivity index (χ2v) is 11.6. The quantitative estimate of drug-likeness (QED) is 0.615. The zero-order valence-corrected chi connectivity index (χ0v) is 19.8. The van der Waals surface area contributed by atoms with Gasteiger partial charge in [0.1, 0.15) is 16.9 Å². The van der Waals surface area contributed by atoms with Crippen molar-refractivity contribution in [1.82, 2.24) is 19.4 Å². The summed E-state index contributed by atoms with van der Waals surface area (Å²) >= 11 is 0. The van der Waals surface area contributed by atoms with E-state index in [4.69, 9.17) is 4.74 Å². The van der Waals surface area contributed by atoms with Crippen molar-refractivity contribution in [1.29, 1.82) is 0 Å². The van der Waals surface area contributed by atoms with E-state index in [2.05, 4.69) is 9.97 Å². The van der Waals surface area contributed by atoms with Crippen LogP contribution in [0.25, 0.3) is 11.0 Å². The maximum Gasteiger partial charge on any atom is 0.410 e. The number of ether oxygens (including phenoxy) is 1. The smallest absolute Gasteiger partial charge is 0.410 e. The van der Waals surface area contributed by atoms with E-state index in [9.17, 15) is 18.0 Å². The average molecular weight is 464 g/mol. The molecule has 2 aromatic heterocycles. The number of fused-ring (bicyclic) bond motifs is 2. The summed E-state index contributed by atoms with van der Waals surface area (Å²) in [6, 6.07) is 1.73. The lowest BCUT2D eigenvalue weighted by atomic mass is 9.88. The molecule has 1 amide bonds. The number of sulfone groups is 1. The fourth-order valence-electron chi connectivity index (χ4n) is 4.48. The standard InChI is InChI=1S/C21H29N5O5S/c1-21(2,3)31-20(28)26-10-13-6-7-25(11-15(13)12-26)16-8-14-9-22-19(32(5,29)30)23-17(14)24(4)18(16)27/h8-9,13,15H,6-7,10-12H2,1-5H3. The van der Waals surface area contributed by atoms with Gasteiger partial charge in [0.15, 0.2) is 0 Å². The molecule has 0 aromatic carbocycles. The van der Waals surface area contributed by atoms with E-state index in [-0.39, 0.29) is 28.4 Å². The molecular weight excluding hydrogens is 434 g/mol. The summed E-state index contributed by atoms with van der Waals surface area (Å²) in [5, 5.41) is 0.292. The third kappa shape index (κ3) is 4.30. The van der Waals surface area contributed by atoms with Crippen LogP contribution in [-0.2, 0) is 21.6 Å². The summed E-state index contributed by atoms with van der Waals surface area (Å²) in [7, 11) is -2.00. The topological polar surface area (TPSA) is 115 Å². The van der Waals surface area contributed by atoms with Crippen LogP contribution >= 0.6 is 0 Å². The Morgan fingerprint density at radius 3 is 2.53 bits per heavy atom. The van der Waals surface area contributed by atoms with Crippen LogP contribution in [0, 0.1) is 11.8 Å². The number of hydrogen-bond donors (Lipinski definition) is 0. The van der Waals surface area contributed by atoms with Crippen LogP contribution in [0.2, 0.25) is 0 Å². The molecule has 2 saturated heterocycles. The Kier molecular flexibility index (Phi) is 5.43. The SMILES string of the molecule is Cn1c(=O)c(N2CCC3CN(C(=O)OC(C)(C)C)CC3C2)cc2cnc(S(C)(=O)=O)nc21. The molecule has 0 radical (unpaired) electrons. The molecule has 2 aliphatic heterocycles. The molecule has 2 fully saturated rings. The van der Waals surface area contributed by atoms with Crippen LogP contribution in [-0.4, -0.2) is 72.0 Å². The largest absolute Gasteiger partial charge is 0.444 e. The van der Waals surface area contributed by atoms with Gasteiger partial charge in [0.05, 0.1) is 0 Å². The normalized spacial score (nSPS) is 21.7. The number of hydrogen-bond acceptors (Lipinski definition) is 8. The van der Waals surface area contributed by atoms with E-state index < -0.39 is 15.4 Å². The molecule has 32 heavy (non-hydrogen) atoms. The summed E-state index contributed by atoms with van der Waals surface area (Å²) in [5.41, 5.74) is 0.0368. The van der Waals surface area contributed by atoms with E-state index >= 15 is 0 Å². The number of aromatic nitrogens is 3. The zero-order chi connectivity index (χ0) is 23.4. The highest BCUT2D eigenvalue weighted by molar-refractivity contribution is 7.90. The van der Waals surface area contributed by atoms with Gasteiger partial charge in [0.25, 0.3) is 5.56 Å². The summed E-state index contributed by atoms with van der Waals surface area (Å²) in [5.74, 6) is 0.629. The highest BCUT2D eigenvalue weighted by Crippen LogP contribution is 2.33. The molecule has 0 N–H and O–H groups in total. The zero-order valence-electron chi connectivity index (χ0n) is 19.0. The highest BCUT2D eigenvalue weighted by atomic mass is 32.2. The summed E-state index contributed by atoms with van der Waals surface area (Å²) in [6.07, 6.45) is 3.05.